The molecule has 9 nitrogen and oxygen atoms in total. The first kappa shape index (κ1) is 22.7. The zero-order valence-corrected chi connectivity index (χ0v) is 15.5. The quantitative estimate of drug-likeness (QED) is 0.292. The predicted molar refractivity (Wildman–Crippen MR) is 93.1 cm³/mol. The van der Waals surface area contributed by atoms with Crippen molar-refractivity contribution in [3.8, 4) is 0 Å². The van der Waals surface area contributed by atoms with Crippen molar-refractivity contribution in [3.63, 3.8) is 0 Å². The first-order chi connectivity index (χ1) is 11.6. The molecule has 3 fully saturated rings. The van der Waals surface area contributed by atoms with Gasteiger partial charge in [-0.15, -0.1) is 0 Å². The van der Waals surface area contributed by atoms with E-state index < -0.39 is 24.4 Å². The van der Waals surface area contributed by atoms with Crippen LogP contribution in [0.3, 0.4) is 0 Å². The van der Waals surface area contributed by atoms with Gasteiger partial charge in [0.15, 0.2) is 0 Å². The molecule has 0 aliphatic carbocycles. The van der Waals surface area contributed by atoms with E-state index in [1.807, 2.05) is 30.9 Å². The van der Waals surface area contributed by atoms with Crippen molar-refractivity contribution in [2.24, 2.45) is 5.41 Å². The summed E-state index contributed by atoms with van der Waals surface area (Å²) in [6, 6.07) is 0. The first-order valence-corrected chi connectivity index (χ1v) is 8.62. The molecule has 0 saturated carbocycles. The average molecular weight is 365 g/mol. The Morgan fingerprint density at radius 3 is 1.00 bits per heavy atom. The van der Waals surface area contributed by atoms with Gasteiger partial charge in [0.1, 0.15) is 0 Å². The molecule has 4 unspecified atom stereocenters. The fraction of sp³-hybridized carbons (Fsp3) is 1.00. The maximum absolute atomic E-state index is 8.88. The maximum atomic E-state index is 8.88. The topological polar surface area (TPSA) is 131 Å². The summed E-state index contributed by atoms with van der Waals surface area (Å²) < 4.78 is 0. The molecule has 9 heteroatoms. The molecule has 4 atom stereocenters. The van der Waals surface area contributed by atoms with E-state index in [9.17, 15) is 0 Å². The Balaban J connectivity index is 0.000000188. The Labute approximate surface area is 149 Å². The van der Waals surface area contributed by atoms with Gasteiger partial charge in [0.2, 0.25) is 0 Å². The van der Waals surface area contributed by atoms with E-state index in [0.29, 0.717) is 26.2 Å². The third kappa shape index (κ3) is 7.05. The van der Waals surface area contributed by atoms with E-state index in [4.69, 9.17) is 30.6 Å². The number of rotatable bonds is 2. The van der Waals surface area contributed by atoms with Crippen LogP contribution in [0.15, 0.2) is 0 Å². The molecule has 0 radical (unpaired) electrons. The molecule has 0 aromatic heterocycles. The minimum absolute atomic E-state index is 0.105. The number of aliphatic hydroxyl groups excluding tert-OH is 6. The minimum atomic E-state index is -0.528. The molecule has 3 heterocycles. The van der Waals surface area contributed by atoms with Gasteiger partial charge >= 0.3 is 0 Å². The molecule has 6 N–H and O–H groups in total. The lowest BCUT2D eigenvalue weighted by Gasteiger charge is -2.46. The zero-order valence-electron chi connectivity index (χ0n) is 15.5. The Morgan fingerprint density at radius 2 is 0.920 bits per heavy atom. The number of likely N-dealkylation sites (tertiary alicyclic amines) is 3. The molecular weight excluding hydrogens is 330 g/mol. The molecule has 0 aromatic carbocycles. The summed E-state index contributed by atoms with van der Waals surface area (Å²) in [5.74, 6) is 0. The Hall–Kier alpha value is -0.360. The third-order valence-electron chi connectivity index (χ3n) is 4.76. The summed E-state index contributed by atoms with van der Waals surface area (Å²) in [5, 5.41) is 53.0. The molecule has 0 aromatic rings. The van der Waals surface area contributed by atoms with E-state index in [-0.39, 0.29) is 18.6 Å². The largest absolute Gasteiger partial charge is 0.396 e. The summed E-state index contributed by atoms with van der Waals surface area (Å²) in [7, 11) is 5.72. The molecule has 3 rings (SSSR count). The van der Waals surface area contributed by atoms with Gasteiger partial charge in [-0.1, -0.05) is 0 Å². The molecule has 25 heavy (non-hydrogen) atoms. The van der Waals surface area contributed by atoms with E-state index in [1.165, 1.54) is 0 Å². The normalized spacial score (nSPS) is 35.4. The first-order valence-electron chi connectivity index (χ1n) is 8.62. The molecule has 3 aliphatic heterocycles. The van der Waals surface area contributed by atoms with Crippen molar-refractivity contribution in [1.82, 2.24) is 14.7 Å². The van der Waals surface area contributed by atoms with Crippen LogP contribution in [-0.4, -0.2) is 143 Å². The summed E-state index contributed by atoms with van der Waals surface area (Å²) >= 11 is 0. The van der Waals surface area contributed by atoms with Crippen molar-refractivity contribution in [1.29, 1.82) is 0 Å². The summed E-state index contributed by atoms with van der Waals surface area (Å²) in [5.41, 5.74) is -0.186. The second-order valence-corrected chi connectivity index (χ2v) is 7.70. The lowest BCUT2D eigenvalue weighted by molar-refractivity contribution is -0.0622. The fourth-order valence-electron chi connectivity index (χ4n) is 3.26. The minimum Gasteiger partial charge on any atom is -0.396 e. The molecule has 0 spiro atoms. The molecule has 3 aliphatic rings. The van der Waals surface area contributed by atoms with Crippen LogP contribution >= 0.6 is 0 Å². The van der Waals surface area contributed by atoms with Crippen LogP contribution in [-0.2, 0) is 0 Å². The van der Waals surface area contributed by atoms with Gasteiger partial charge in [-0.25, -0.2) is 0 Å². The number of nitrogens with zero attached hydrogens (tertiary/aromatic N) is 3. The highest BCUT2D eigenvalue weighted by Gasteiger charge is 2.39. The van der Waals surface area contributed by atoms with Crippen molar-refractivity contribution in [3.05, 3.63) is 0 Å². The summed E-state index contributed by atoms with van der Waals surface area (Å²) in [6.45, 7) is 4.24. The number of β-amino-alcohol motifs (C(OH)–C–C–N with tert-alkyl or cyclic N) is 4. The standard InChI is InChI=1S/C6H13NO2.2C5H11NO2/c1-7-2-6(3-7,4-8)5-9;2*1-6-2-4(7)5(8)3-6/h8-9H,2-5H2,1H3;2*4-5,7-8H,2-3H2,1H3. The summed E-state index contributed by atoms with van der Waals surface area (Å²) in [4.78, 5) is 5.87. The molecule has 0 bridgehead atoms. The van der Waals surface area contributed by atoms with Crippen LogP contribution in [0.1, 0.15) is 0 Å². The van der Waals surface area contributed by atoms with Crippen molar-refractivity contribution < 1.29 is 30.6 Å². The van der Waals surface area contributed by atoms with Crippen molar-refractivity contribution >= 4 is 0 Å². The van der Waals surface area contributed by atoms with Gasteiger partial charge in [0, 0.05) is 44.7 Å². The highest BCUT2D eigenvalue weighted by Crippen LogP contribution is 2.26. The monoisotopic (exact) mass is 365 g/mol. The van der Waals surface area contributed by atoms with Gasteiger partial charge in [-0.05, 0) is 21.1 Å². The smallest absolute Gasteiger partial charge is 0.0938 e. The van der Waals surface area contributed by atoms with Crippen molar-refractivity contribution in [2.75, 3.05) is 73.6 Å². The predicted octanol–water partition coefficient (Wildman–Crippen LogP) is -3.79. The van der Waals surface area contributed by atoms with Crippen LogP contribution in [0.25, 0.3) is 0 Å². The maximum Gasteiger partial charge on any atom is 0.0938 e. The Bertz CT molecular complexity index is 335. The van der Waals surface area contributed by atoms with E-state index >= 15 is 0 Å². The van der Waals surface area contributed by atoms with Gasteiger partial charge < -0.3 is 45.3 Å². The Morgan fingerprint density at radius 1 is 0.640 bits per heavy atom. The van der Waals surface area contributed by atoms with Gasteiger partial charge in [-0.2, -0.15) is 0 Å². The number of likely N-dealkylation sites (N-methyl/N-ethyl adjacent to an activating group) is 2. The molecule has 3 saturated heterocycles. The number of hydrogen-bond acceptors (Lipinski definition) is 9. The van der Waals surface area contributed by atoms with Gasteiger partial charge in [0.25, 0.3) is 0 Å². The number of aliphatic hydroxyl groups is 6. The highest BCUT2D eigenvalue weighted by atomic mass is 16.3. The average Bonchev–Trinajstić information content (AvgIpc) is 2.96. The van der Waals surface area contributed by atoms with Crippen molar-refractivity contribution in [2.45, 2.75) is 24.4 Å². The van der Waals surface area contributed by atoms with Crippen LogP contribution in [0.5, 0.6) is 0 Å². The molecule has 0 amide bonds. The lowest BCUT2D eigenvalue weighted by atomic mass is 9.82. The van der Waals surface area contributed by atoms with Gasteiger partial charge in [-0.3, -0.25) is 0 Å². The highest BCUT2D eigenvalue weighted by molar-refractivity contribution is 4.92. The molecular formula is C16H35N3O6. The SMILES string of the molecule is CN1CC(CO)(CO)C1.CN1CC(O)C(O)C1.CN1CC(O)C(O)C1. The second-order valence-electron chi connectivity index (χ2n) is 7.70. The number of hydrogen-bond donors (Lipinski definition) is 6. The lowest BCUT2D eigenvalue weighted by Crippen LogP contribution is -2.58. The van der Waals surface area contributed by atoms with Gasteiger partial charge in [0.05, 0.1) is 37.6 Å². The summed E-state index contributed by atoms with van der Waals surface area (Å²) in [6.07, 6.45) is -2.11. The van der Waals surface area contributed by atoms with Crippen LogP contribution in [0.2, 0.25) is 0 Å². The van der Waals surface area contributed by atoms with Crippen LogP contribution in [0.4, 0.5) is 0 Å². The Kier molecular flexibility index (Phi) is 9.16. The third-order valence-corrected chi connectivity index (χ3v) is 4.76. The zero-order chi connectivity index (χ0) is 19.2. The van der Waals surface area contributed by atoms with Crippen LogP contribution in [0, 0.1) is 5.41 Å². The van der Waals surface area contributed by atoms with E-state index in [0.717, 1.165) is 13.1 Å². The van der Waals surface area contributed by atoms with E-state index in [2.05, 4.69) is 4.90 Å². The van der Waals surface area contributed by atoms with E-state index in [1.54, 1.807) is 0 Å². The van der Waals surface area contributed by atoms with Crippen LogP contribution < -0.4 is 0 Å². The molecule has 150 valence electrons. The second kappa shape index (κ2) is 10.1. The fourth-order valence-corrected chi connectivity index (χ4v) is 3.26.